The van der Waals surface area contributed by atoms with Gasteiger partial charge in [-0.05, 0) is 36.8 Å². The van der Waals surface area contributed by atoms with Gasteiger partial charge in [0, 0.05) is 44.9 Å². The van der Waals surface area contributed by atoms with E-state index >= 15 is 0 Å². The molecule has 1 amide bonds. The molecule has 1 N–H and O–H groups in total. The van der Waals surface area contributed by atoms with E-state index in [-0.39, 0.29) is 29.9 Å². The molecule has 7 heteroatoms. The quantitative estimate of drug-likeness (QED) is 0.805. The number of rotatable bonds is 7. The smallest absolute Gasteiger partial charge is 0.303 e. The minimum Gasteiger partial charge on any atom is -0.481 e. The van der Waals surface area contributed by atoms with Gasteiger partial charge < -0.3 is 19.4 Å². The Bertz CT molecular complexity index is 748. The number of hydrogen-bond acceptors (Lipinski definition) is 5. The molecule has 27 heavy (non-hydrogen) atoms. The lowest BCUT2D eigenvalue weighted by molar-refractivity contribution is -0.139. The van der Waals surface area contributed by atoms with Crippen molar-refractivity contribution in [1.29, 1.82) is 0 Å². The van der Waals surface area contributed by atoms with Gasteiger partial charge in [0.05, 0.1) is 6.20 Å². The maximum Gasteiger partial charge on any atom is 0.303 e. The van der Waals surface area contributed by atoms with Crippen molar-refractivity contribution in [3.05, 3.63) is 48.4 Å². The third kappa shape index (κ3) is 4.87. The Morgan fingerprint density at radius 1 is 1.26 bits per heavy atom. The molecule has 1 aromatic carbocycles. The summed E-state index contributed by atoms with van der Waals surface area (Å²) in [7, 11) is 2.03. The number of likely N-dealkylation sites (tertiary alicyclic amines) is 1. The Morgan fingerprint density at radius 3 is 2.70 bits per heavy atom. The van der Waals surface area contributed by atoms with Gasteiger partial charge in [0.25, 0.3) is 5.91 Å². The Morgan fingerprint density at radius 2 is 2.04 bits per heavy atom. The molecule has 1 aliphatic heterocycles. The van der Waals surface area contributed by atoms with Crippen LogP contribution < -0.4 is 4.90 Å². The van der Waals surface area contributed by atoms with Crippen molar-refractivity contribution in [2.45, 2.75) is 19.3 Å². The summed E-state index contributed by atoms with van der Waals surface area (Å²) in [4.78, 5) is 27.7. The van der Waals surface area contributed by atoms with E-state index in [1.807, 2.05) is 25.2 Å². The molecule has 2 atom stereocenters. The first kappa shape index (κ1) is 18.9. The summed E-state index contributed by atoms with van der Waals surface area (Å²) >= 11 is 0. The van der Waals surface area contributed by atoms with E-state index in [4.69, 9.17) is 4.52 Å². The third-order valence-corrected chi connectivity index (χ3v) is 5.30. The molecule has 1 saturated heterocycles. The van der Waals surface area contributed by atoms with Crippen molar-refractivity contribution >= 4 is 17.6 Å². The molecule has 3 rings (SSSR count). The van der Waals surface area contributed by atoms with Crippen LogP contribution in [0.4, 0.5) is 5.69 Å². The highest BCUT2D eigenvalue weighted by atomic mass is 16.5. The van der Waals surface area contributed by atoms with Crippen LogP contribution in [0.2, 0.25) is 0 Å². The predicted molar refractivity (Wildman–Crippen MR) is 101 cm³/mol. The van der Waals surface area contributed by atoms with Crippen LogP contribution in [0, 0.1) is 11.8 Å². The summed E-state index contributed by atoms with van der Waals surface area (Å²) < 4.78 is 4.99. The fourth-order valence-corrected chi connectivity index (χ4v) is 3.74. The number of carboxylic acids is 1. The maximum atomic E-state index is 12.6. The molecule has 1 aliphatic rings. The second-order valence-electron chi connectivity index (χ2n) is 7.08. The number of carbonyl (C=O) groups is 2. The van der Waals surface area contributed by atoms with Crippen molar-refractivity contribution in [3.63, 3.8) is 0 Å². The molecule has 7 nitrogen and oxygen atoms in total. The lowest BCUT2D eigenvalue weighted by atomic mass is 9.81. The van der Waals surface area contributed by atoms with E-state index in [1.165, 1.54) is 6.20 Å². The molecular weight excluding hydrogens is 346 g/mol. The Kier molecular flexibility index (Phi) is 6.11. The Labute approximate surface area is 158 Å². The summed E-state index contributed by atoms with van der Waals surface area (Å²) in [6, 6.07) is 11.6. The van der Waals surface area contributed by atoms with Gasteiger partial charge in [-0.25, -0.2) is 0 Å². The number of amides is 1. The number of nitrogens with zero attached hydrogens (tertiary/aromatic N) is 3. The number of para-hydroxylation sites is 1. The van der Waals surface area contributed by atoms with Gasteiger partial charge in [0.2, 0.25) is 5.76 Å². The fraction of sp³-hybridized carbons (Fsp3) is 0.450. The van der Waals surface area contributed by atoms with Gasteiger partial charge >= 0.3 is 5.97 Å². The van der Waals surface area contributed by atoms with E-state index in [1.54, 1.807) is 11.0 Å². The topological polar surface area (TPSA) is 86.9 Å². The number of carboxylic acid groups (broad SMARTS) is 1. The normalized spacial score (nSPS) is 19.7. The monoisotopic (exact) mass is 371 g/mol. The molecule has 0 spiro atoms. The van der Waals surface area contributed by atoms with E-state index < -0.39 is 5.97 Å². The molecule has 0 radical (unpaired) electrons. The van der Waals surface area contributed by atoms with Crippen molar-refractivity contribution in [3.8, 4) is 0 Å². The first-order valence-electron chi connectivity index (χ1n) is 9.22. The number of piperidine rings is 1. The molecule has 2 aromatic rings. The zero-order chi connectivity index (χ0) is 19.2. The fourth-order valence-electron chi connectivity index (χ4n) is 3.74. The first-order chi connectivity index (χ1) is 13.0. The van der Waals surface area contributed by atoms with Crippen LogP contribution in [0.25, 0.3) is 0 Å². The van der Waals surface area contributed by atoms with Gasteiger partial charge in [0.1, 0.15) is 0 Å². The maximum absolute atomic E-state index is 12.6. The van der Waals surface area contributed by atoms with Crippen LogP contribution in [-0.2, 0) is 4.79 Å². The number of anilines is 1. The second kappa shape index (κ2) is 8.70. The van der Waals surface area contributed by atoms with Crippen molar-refractivity contribution in [1.82, 2.24) is 10.1 Å². The van der Waals surface area contributed by atoms with Gasteiger partial charge in [-0.2, -0.15) is 0 Å². The second-order valence-corrected chi connectivity index (χ2v) is 7.08. The molecule has 0 saturated carbocycles. The number of benzene rings is 1. The highest BCUT2D eigenvalue weighted by molar-refractivity contribution is 5.91. The summed E-state index contributed by atoms with van der Waals surface area (Å²) in [5.41, 5.74) is 1.12. The van der Waals surface area contributed by atoms with Gasteiger partial charge in [-0.3, -0.25) is 9.59 Å². The minimum absolute atomic E-state index is 0.0745. The van der Waals surface area contributed by atoms with Crippen molar-refractivity contribution in [2.75, 3.05) is 31.6 Å². The van der Waals surface area contributed by atoms with E-state index in [0.717, 1.165) is 18.7 Å². The zero-order valence-electron chi connectivity index (χ0n) is 15.5. The lowest BCUT2D eigenvalue weighted by Crippen LogP contribution is -2.45. The lowest BCUT2D eigenvalue weighted by Gasteiger charge is -2.38. The molecule has 1 fully saturated rings. The Balaban J connectivity index is 1.65. The number of aliphatic carboxylic acids is 1. The number of aromatic nitrogens is 1. The van der Waals surface area contributed by atoms with E-state index in [9.17, 15) is 14.7 Å². The van der Waals surface area contributed by atoms with Crippen LogP contribution in [-0.4, -0.2) is 53.7 Å². The average molecular weight is 371 g/mol. The highest BCUT2D eigenvalue weighted by Crippen LogP contribution is 2.30. The molecule has 0 bridgehead atoms. The van der Waals surface area contributed by atoms with Crippen LogP contribution in [0.5, 0.6) is 0 Å². The highest BCUT2D eigenvalue weighted by Gasteiger charge is 2.33. The number of carbonyl (C=O) groups excluding carboxylic acids is 1. The summed E-state index contributed by atoms with van der Waals surface area (Å²) in [6.07, 6.45) is 3.11. The molecule has 1 aromatic heterocycles. The molecule has 2 unspecified atom stereocenters. The first-order valence-corrected chi connectivity index (χ1v) is 9.22. The zero-order valence-corrected chi connectivity index (χ0v) is 15.5. The summed E-state index contributed by atoms with van der Waals surface area (Å²) in [5, 5.41) is 12.8. The minimum atomic E-state index is -0.781. The van der Waals surface area contributed by atoms with Crippen LogP contribution in [0.1, 0.15) is 29.8 Å². The van der Waals surface area contributed by atoms with Gasteiger partial charge in [-0.15, -0.1) is 0 Å². The van der Waals surface area contributed by atoms with Crippen LogP contribution >= 0.6 is 0 Å². The Hall–Kier alpha value is -2.83. The van der Waals surface area contributed by atoms with E-state index in [2.05, 4.69) is 22.2 Å². The van der Waals surface area contributed by atoms with Crippen LogP contribution in [0.15, 0.2) is 47.1 Å². The van der Waals surface area contributed by atoms with Gasteiger partial charge in [0.15, 0.2) is 0 Å². The summed E-state index contributed by atoms with van der Waals surface area (Å²) in [6.45, 7) is 1.89. The van der Waals surface area contributed by atoms with Crippen LogP contribution in [0.3, 0.4) is 0 Å². The number of hydrogen-bond donors (Lipinski definition) is 1. The van der Waals surface area contributed by atoms with Gasteiger partial charge in [-0.1, -0.05) is 23.4 Å². The summed E-state index contributed by atoms with van der Waals surface area (Å²) in [5.74, 6) is -0.524. The average Bonchev–Trinajstić information content (AvgIpc) is 3.21. The van der Waals surface area contributed by atoms with Crippen molar-refractivity contribution in [2.24, 2.45) is 11.8 Å². The molecule has 144 valence electrons. The molecular formula is C20H25N3O4. The molecule has 0 aliphatic carbocycles. The predicted octanol–water partition coefficient (Wildman–Crippen LogP) is 2.75. The standard InChI is InChI=1S/C20H25N3O4/c1-22(17-5-3-2-4-6-17)11-8-16-14-23(12-9-15(16)13-19(24)25)20(26)18-7-10-21-27-18/h2-7,10,15-16H,8-9,11-14H2,1H3,(H,24,25). The largest absolute Gasteiger partial charge is 0.481 e. The van der Waals surface area contributed by atoms with Crippen molar-refractivity contribution < 1.29 is 19.2 Å². The SMILES string of the molecule is CN(CCC1CN(C(=O)c2ccno2)CCC1CC(=O)O)c1ccccc1. The molecule has 2 heterocycles. The van der Waals surface area contributed by atoms with E-state index in [0.29, 0.717) is 19.5 Å². The third-order valence-electron chi connectivity index (χ3n) is 5.30.